The highest BCUT2D eigenvalue weighted by Crippen LogP contribution is 2.35. The quantitative estimate of drug-likeness (QED) is 0.859. The SMILES string of the molecule is Cc1nc(C(=O)N(C2CC2)C(C)c2ccco2)cs1. The molecule has 2 aromatic rings. The molecule has 1 amide bonds. The number of thiazole rings is 1. The lowest BCUT2D eigenvalue weighted by Crippen LogP contribution is -2.35. The van der Waals surface area contributed by atoms with Crippen LogP contribution in [0, 0.1) is 6.92 Å². The topological polar surface area (TPSA) is 46.3 Å². The van der Waals surface area contributed by atoms with Crippen LogP contribution in [0.5, 0.6) is 0 Å². The highest BCUT2D eigenvalue weighted by Gasteiger charge is 2.38. The highest BCUT2D eigenvalue weighted by atomic mass is 32.1. The number of furan rings is 1. The van der Waals surface area contributed by atoms with Crippen LogP contribution in [0.1, 0.15) is 47.1 Å². The Kier molecular flexibility index (Phi) is 3.14. The zero-order valence-electron chi connectivity index (χ0n) is 11.0. The number of rotatable bonds is 4. The summed E-state index contributed by atoms with van der Waals surface area (Å²) < 4.78 is 5.43. The van der Waals surface area contributed by atoms with E-state index in [4.69, 9.17) is 4.42 Å². The van der Waals surface area contributed by atoms with Crippen molar-refractivity contribution >= 4 is 17.2 Å². The van der Waals surface area contributed by atoms with Gasteiger partial charge in [-0.2, -0.15) is 0 Å². The molecule has 3 rings (SSSR count). The normalized spacial score (nSPS) is 16.3. The monoisotopic (exact) mass is 276 g/mol. The Hall–Kier alpha value is -1.62. The number of aryl methyl sites for hydroxylation is 1. The maximum atomic E-state index is 12.6. The van der Waals surface area contributed by atoms with Crippen LogP contribution in [-0.2, 0) is 0 Å². The van der Waals surface area contributed by atoms with Crippen molar-refractivity contribution in [3.63, 3.8) is 0 Å². The minimum Gasteiger partial charge on any atom is -0.467 e. The smallest absolute Gasteiger partial charge is 0.274 e. The molecule has 4 nitrogen and oxygen atoms in total. The number of nitrogens with zero attached hydrogens (tertiary/aromatic N) is 2. The van der Waals surface area contributed by atoms with Crippen molar-refractivity contribution < 1.29 is 9.21 Å². The molecule has 1 aliphatic rings. The van der Waals surface area contributed by atoms with Crippen LogP contribution in [-0.4, -0.2) is 21.8 Å². The molecule has 0 aromatic carbocycles. The molecule has 0 N–H and O–H groups in total. The molecule has 19 heavy (non-hydrogen) atoms. The molecule has 1 aliphatic carbocycles. The number of hydrogen-bond acceptors (Lipinski definition) is 4. The lowest BCUT2D eigenvalue weighted by molar-refractivity contribution is 0.0647. The maximum absolute atomic E-state index is 12.6. The number of amides is 1. The molecule has 2 aromatic heterocycles. The fourth-order valence-electron chi connectivity index (χ4n) is 2.27. The zero-order chi connectivity index (χ0) is 13.4. The van der Waals surface area contributed by atoms with Gasteiger partial charge in [0.25, 0.3) is 5.91 Å². The van der Waals surface area contributed by atoms with E-state index in [0.29, 0.717) is 11.7 Å². The largest absolute Gasteiger partial charge is 0.467 e. The van der Waals surface area contributed by atoms with Crippen LogP contribution in [0.2, 0.25) is 0 Å². The molecule has 0 saturated heterocycles. The van der Waals surface area contributed by atoms with Gasteiger partial charge in [-0.15, -0.1) is 11.3 Å². The van der Waals surface area contributed by atoms with Crippen LogP contribution in [0.15, 0.2) is 28.2 Å². The summed E-state index contributed by atoms with van der Waals surface area (Å²) in [6, 6.07) is 4.06. The Balaban J connectivity index is 1.87. The minimum atomic E-state index is -0.0444. The third-order valence-corrected chi connectivity index (χ3v) is 4.16. The Morgan fingerprint density at radius 1 is 1.58 bits per heavy atom. The molecule has 1 unspecified atom stereocenters. The van der Waals surface area contributed by atoms with E-state index in [2.05, 4.69) is 4.98 Å². The van der Waals surface area contributed by atoms with E-state index in [1.165, 1.54) is 11.3 Å². The maximum Gasteiger partial charge on any atom is 0.274 e. The van der Waals surface area contributed by atoms with Gasteiger partial charge in [0, 0.05) is 11.4 Å². The summed E-state index contributed by atoms with van der Waals surface area (Å²) in [7, 11) is 0. The van der Waals surface area contributed by atoms with E-state index in [1.807, 2.05) is 36.3 Å². The third kappa shape index (κ3) is 2.42. The van der Waals surface area contributed by atoms with Crippen molar-refractivity contribution in [3.8, 4) is 0 Å². The lowest BCUT2D eigenvalue weighted by Gasteiger charge is -2.27. The van der Waals surface area contributed by atoms with Crippen molar-refractivity contribution in [1.82, 2.24) is 9.88 Å². The number of carbonyl (C=O) groups excluding carboxylic acids is 1. The fourth-order valence-corrected chi connectivity index (χ4v) is 2.86. The second-order valence-electron chi connectivity index (χ2n) is 4.89. The molecular weight excluding hydrogens is 260 g/mol. The predicted molar refractivity (Wildman–Crippen MR) is 73.2 cm³/mol. The molecule has 1 atom stereocenters. The van der Waals surface area contributed by atoms with Gasteiger partial charge in [-0.1, -0.05) is 0 Å². The van der Waals surface area contributed by atoms with Crippen molar-refractivity contribution in [2.75, 3.05) is 0 Å². The van der Waals surface area contributed by atoms with Crippen LogP contribution >= 0.6 is 11.3 Å². The molecular formula is C14H16N2O2S. The van der Waals surface area contributed by atoms with E-state index < -0.39 is 0 Å². The molecule has 100 valence electrons. The van der Waals surface area contributed by atoms with Crippen LogP contribution < -0.4 is 0 Å². The number of hydrogen-bond donors (Lipinski definition) is 0. The summed E-state index contributed by atoms with van der Waals surface area (Å²) in [5.41, 5.74) is 0.549. The molecule has 0 bridgehead atoms. The van der Waals surface area contributed by atoms with Crippen LogP contribution in [0.25, 0.3) is 0 Å². The minimum absolute atomic E-state index is 0.00995. The summed E-state index contributed by atoms with van der Waals surface area (Å²) in [6.45, 7) is 3.92. The van der Waals surface area contributed by atoms with Gasteiger partial charge in [0.1, 0.15) is 11.5 Å². The average Bonchev–Trinajstić information content (AvgIpc) is 2.93. The predicted octanol–water partition coefficient (Wildman–Crippen LogP) is 3.41. The third-order valence-electron chi connectivity index (χ3n) is 3.39. The Morgan fingerprint density at radius 2 is 2.37 bits per heavy atom. The standard InChI is InChI=1S/C14H16N2O2S/c1-9(13-4-3-7-18-13)16(11-5-6-11)14(17)12-8-19-10(2)15-12/h3-4,7-9,11H,5-6H2,1-2H3. The Bertz CT molecular complexity index is 572. The van der Waals surface area contributed by atoms with Gasteiger partial charge >= 0.3 is 0 Å². The molecule has 2 heterocycles. The highest BCUT2D eigenvalue weighted by molar-refractivity contribution is 7.09. The van der Waals surface area contributed by atoms with Crippen LogP contribution in [0.4, 0.5) is 0 Å². The first kappa shape index (κ1) is 12.4. The molecule has 1 saturated carbocycles. The average molecular weight is 276 g/mol. The zero-order valence-corrected chi connectivity index (χ0v) is 11.8. The van der Waals surface area contributed by atoms with Crippen molar-refractivity contribution in [2.24, 2.45) is 0 Å². The summed E-state index contributed by atoms with van der Waals surface area (Å²) >= 11 is 1.51. The van der Waals surface area contributed by atoms with Gasteiger partial charge in [0.05, 0.1) is 17.3 Å². The first-order chi connectivity index (χ1) is 9.16. The second kappa shape index (κ2) is 4.81. The first-order valence-electron chi connectivity index (χ1n) is 6.45. The first-order valence-corrected chi connectivity index (χ1v) is 7.33. The van der Waals surface area contributed by atoms with Gasteiger partial charge in [-0.05, 0) is 38.8 Å². The van der Waals surface area contributed by atoms with Crippen molar-refractivity contribution in [2.45, 2.75) is 38.8 Å². The second-order valence-corrected chi connectivity index (χ2v) is 5.95. The summed E-state index contributed by atoms with van der Waals surface area (Å²) in [5, 5.41) is 2.76. The Labute approximate surface area is 116 Å². The molecule has 0 spiro atoms. The van der Waals surface area contributed by atoms with Gasteiger partial charge in [-0.3, -0.25) is 4.79 Å². The lowest BCUT2D eigenvalue weighted by atomic mass is 10.2. The molecule has 5 heteroatoms. The number of aromatic nitrogens is 1. The molecule has 0 aliphatic heterocycles. The van der Waals surface area contributed by atoms with Crippen LogP contribution in [0.3, 0.4) is 0 Å². The summed E-state index contributed by atoms with van der Waals surface area (Å²) in [5.74, 6) is 0.836. The van der Waals surface area contributed by atoms with E-state index in [1.54, 1.807) is 6.26 Å². The fraction of sp³-hybridized carbons (Fsp3) is 0.429. The van der Waals surface area contributed by atoms with E-state index in [-0.39, 0.29) is 11.9 Å². The van der Waals surface area contributed by atoms with E-state index >= 15 is 0 Å². The van der Waals surface area contributed by atoms with Crippen molar-refractivity contribution in [3.05, 3.63) is 40.2 Å². The molecule has 0 radical (unpaired) electrons. The van der Waals surface area contributed by atoms with E-state index in [9.17, 15) is 4.79 Å². The summed E-state index contributed by atoms with van der Waals surface area (Å²) in [6.07, 6.45) is 3.79. The molecule has 1 fully saturated rings. The van der Waals surface area contributed by atoms with Gasteiger partial charge in [0.15, 0.2) is 0 Å². The van der Waals surface area contributed by atoms with E-state index in [0.717, 1.165) is 23.6 Å². The van der Waals surface area contributed by atoms with Gasteiger partial charge in [0.2, 0.25) is 0 Å². The summed E-state index contributed by atoms with van der Waals surface area (Å²) in [4.78, 5) is 18.8. The number of carbonyl (C=O) groups is 1. The van der Waals surface area contributed by atoms with Gasteiger partial charge < -0.3 is 9.32 Å². The Morgan fingerprint density at radius 3 is 2.89 bits per heavy atom. The van der Waals surface area contributed by atoms with Crippen molar-refractivity contribution in [1.29, 1.82) is 0 Å². The van der Waals surface area contributed by atoms with Gasteiger partial charge in [-0.25, -0.2) is 4.98 Å².